The number of H-pyrrole nitrogens is 1. The first-order valence-corrected chi connectivity index (χ1v) is 8.88. The number of hydrogen-bond acceptors (Lipinski definition) is 7. The fourth-order valence-corrected chi connectivity index (χ4v) is 3.09. The van der Waals surface area contributed by atoms with Gasteiger partial charge in [-0.3, -0.25) is 5.10 Å². The Hall–Kier alpha value is -4.14. The molecule has 0 bridgehead atoms. The first-order chi connectivity index (χ1) is 14.2. The molecule has 5 rings (SSSR count). The third-order valence-corrected chi connectivity index (χ3v) is 4.54. The average molecular weight is 389 g/mol. The lowest BCUT2D eigenvalue weighted by Crippen LogP contribution is -2.10. The maximum Gasteiger partial charge on any atom is 0.229 e. The molecule has 8 nitrogen and oxygen atoms in total. The van der Waals surface area contributed by atoms with Crippen LogP contribution in [0.25, 0.3) is 16.6 Å². The lowest BCUT2D eigenvalue weighted by Gasteiger charge is -2.17. The van der Waals surface area contributed by atoms with E-state index in [1.54, 1.807) is 30.5 Å². The number of nitrogens with one attached hydrogen (secondary N) is 3. The van der Waals surface area contributed by atoms with E-state index in [0.717, 1.165) is 28.4 Å². The largest absolute Gasteiger partial charge is 0.489 e. The van der Waals surface area contributed by atoms with E-state index in [1.807, 2.05) is 18.2 Å². The number of aromatic nitrogens is 4. The molecule has 0 saturated heterocycles. The van der Waals surface area contributed by atoms with Crippen LogP contribution in [-0.4, -0.2) is 26.8 Å². The third-order valence-electron chi connectivity index (χ3n) is 4.54. The number of ether oxygens (including phenoxy) is 1. The minimum absolute atomic E-state index is 0.0457. The molecule has 1 aliphatic rings. The van der Waals surface area contributed by atoms with Gasteiger partial charge in [0.15, 0.2) is 11.6 Å². The molecule has 0 amide bonds. The van der Waals surface area contributed by atoms with Gasteiger partial charge < -0.3 is 21.1 Å². The summed E-state index contributed by atoms with van der Waals surface area (Å²) in [6, 6.07) is 11.0. The summed E-state index contributed by atoms with van der Waals surface area (Å²) in [5.41, 5.74) is 9.65. The second kappa shape index (κ2) is 6.79. The van der Waals surface area contributed by atoms with E-state index in [0.29, 0.717) is 23.7 Å². The van der Waals surface area contributed by atoms with Gasteiger partial charge >= 0.3 is 0 Å². The highest BCUT2D eigenvalue weighted by molar-refractivity contribution is 5.82. The molecule has 0 unspecified atom stereocenters. The molecule has 0 spiro atoms. The zero-order valence-electron chi connectivity index (χ0n) is 15.1. The maximum absolute atomic E-state index is 14.3. The highest BCUT2D eigenvalue weighted by Gasteiger charge is 2.14. The van der Waals surface area contributed by atoms with E-state index in [9.17, 15) is 4.39 Å². The summed E-state index contributed by atoms with van der Waals surface area (Å²) in [4.78, 5) is 8.26. The van der Waals surface area contributed by atoms with Crippen molar-refractivity contribution in [3.8, 4) is 5.75 Å². The lowest BCUT2D eigenvalue weighted by atomic mass is 10.1. The van der Waals surface area contributed by atoms with Crippen LogP contribution in [0.4, 0.5) is 27.5 Å². The number of halogens is 1. The van der Waals surface area contributed by atoms with Crippen LogP contribution in [0.1, 0.15) is 5.56 Å². The molecule has 0 aliphatic carbocycles. The number of aromatic amines is 1. The molecule has 29 heavy (non-hydrogen) atoms. The van der Waals surface area contributed by atoms with Crippen molar-refractivity contribution in [1.82, 2.24) is 20.2 Å². The van der Waals surface area contributed by atoms with Gasteiger partial charge in [-0.15, -0.1) is 0 Å². The summed E-state index contributed by atoms with van der Waals surface area (Å²) in [6.07, 6.45) is 4.64. The van der Waals surface area contributed by atoms with E-state index in [-0.39, 0.29) is 11.8 Å². The Morgan fingerprint density at radius 3 is 2.86 bits per heavy atom. The van der Waals surface area contributed by atoms with Crippen LogP contribution in [0.5, 0.6) is 5.75 Å². The normalized spacial score (nSPS) is 12.8. The van der Waals surface area contributed by atoms with Gasteiger partial charge in [0.1, 0.15) is 12.4 Å². The second-order valence-corrected chi connectivity index (χ2v) is 6.49. The fraction of sp³-hybridized carbons (Fsp3) is 0.0500. The van der Waals surface area contributed by atoms with Crippen molar-refractivity contribution >= 4 is 39.7 Å². The smallest absolute Gasteiger partial charge is 0.229 e. The monoisotopic (exact) mass is 389 g/mol. The SMILES string of the molecule is NC1=CCOc2ccc(Nc3nc(Nc4ccc5cn[nH]c5c4)ncc3F)cc21. The van der Waals surface area contributed by atoms with Crippen LogP contribution in [0.2, 0.25) is 0 Å². The summed E-state index contributed by atoms with van der Waals surface area (Å²) in [5.74, 6) is 0.421. The van der Waals surface area contributed by atoms with E-state index in [4.69, 9.17) is 10.5 Å². The van der Waals surface area contributed by atoms with Crippen LogP contribution in [0, 0.1) is 5.82 Å². The molecule has 0 atom stereocenters. The predicted molar refractivity (Wildman–Crippen MR) is 109 cm³/mol. The minimum Gasteiger partial charge on any atom is -0.489 e. The lowest BCUT2D eigenvalue weighted by molar-refractivity contribution is 0.357. The van der Waals surface area contributed by atoms with E-state index in [2.05, 4.69) is 30.8 Å². The van der Waals surface area contributed by atoms with Crippen LogP contribution >= 0.6 is 0 Å². The average Bonchev–Trinajstić information content (AvgIpc) is 3.19. The Morgan fingerprint density at radius 2 is 1.93 bits per heavy atom. The molecule has 3 heterocycles. The van der Waals surface area contributed by atoms with Gasteiger partial charge in [-0.25, -0.2) is 9.37 Å². The number of rotatable bonds is 4. The molecule has 0 saturated carbocycles. The van der Waals surface area contributed by atoms with Crippen LogP contribution < -0.4 is 21.1 Å². The van der Waals surface area contributed by atoms with E-state index in [1.165, 1.54) is 0 Å². The van der Waals surface area contributed by atoms with Gasteiger partial charge in [0.2, 0.25) is 5.95 Å². The second-order valence-electron chi connectivity index (χ2n) is 6.49. The fourth-order valence-electron chi connectivity index (χ4n) is 3.09. The molecule has 2 aromatic carbocycles. The Morgan fingerprint density at radius 1 is 1.07 bits per heavy atom. The van der Waals surface area contributed by atoms with Crippen molar-refractivity contribution in [1.29, 1.82) is 0 Å². The first kappa shape index (κ1) is 17.0. The van der Waals surface area contributed by atoms with Crippen LogP contribution in [0.15, 0.2) is 54.9 Å². The van der Waals surface area contributed by atoms with Crippen LogP contribution in [0.3, 0.4) is 0 Å². The summed E-state index contributed by atoms with van der Waals surface area (Å²) < 4.78 is 19.8. The number of benzene rings is 2. The molecule has 144 valence electrons. The highest BCUT2D eigenvalue weighted by Crippen LogP contribution is 2.31. The van der Waals surface area contributed by atoms with Gasteiger partial charge in [-0.05, 0) is 42.5 Å². The van der Waals surface area contributed by atoms with Crippen molar-refractivity contribution < 1.29 is 9.13 Å². The summed E-state index contributed by atoms with van der Waals surface area (Å²) in [7, 11) is 0. The molecular weight excluding hydrogens is 373 g/mol. The summed E-state index contributed by atoms with van der Waals surface area (Å²) in [6.45, 7) is 0.436. The van der Waals surface area contributed by atoms with Gasteiger partial charge in [-0.2, -0.15) is 10.1 Å². The van der Waals surface area contributed by atoms with Crippen molar-refractivity contribution in [2.24, 2.45) is 5.73 Å². The topological polar surface area (TPSA) is 114 Å². The molecule has 0 radical (unpaired) electrons. The maximum atomic E-state index is 14.3. The molecular formula is C20H16FN7O. The zero-order chi connectivity index (χ0) is 19.8. The quantitative estimate of drug-likeness (QED) is 0.421. The standard InChI is InChI=1S/C20H16FN7O/c21-15-10-23-20(26-13-2-1-11-9-24-28-17(11)8-13)27-19(15)25-12-3-4-18-14(7-12)16(22)5-6-29-18/h1-5,7-10H,6,22H2,(H,24,28)(H2,23,25,26,27). The zero-order valence-corrected chi connectivity index (χ0v) is 15.1. The Balaban J connectivity index is 1.41. The van der Waals surface area contributed by atoms with Crippen molar-refractivity contribution in [3.05, 3.63) is 66.2 Å². The highest BCUT2D eigenvalue weighted by atomic mass is 19.1. The predicted octanol–water partition coefficient (Wildman–Crippen LogP) is 3.67. The van der Waals surface area contributed by atoms with Crippen LogP contribution in [-0.2, 0) is 0 Å². The first-order valence-electron chi connectivity index (χ1n) is 8.88. The number of hydrogen-bond donors (Lipinski definition) is 4. The van der Waals surface area contributed by atoms with E-state index >= 15 is 0 Å². The summed E-state index contributed by atoms with van der Waals surface area (Å²) in [5, 5.41) is 13.9. The Kier molecular flexibility index (Phi) is 3.98. The number of nitrogens with zero attached hydrogens (tertiary/aromatic N) is 3. The minimum atomic E-state index is -0.572. The van der Waals surface area contributed by atoms with Gasteiger partial charge in [0.25, 0.3) is 0 Å². The van der Waals surface area contributed by atoms with Crippen molar-refractivity contribution in [2.75, 3.05) is 17.2 Å². The molecule has 5 N–H and O–H groups in total. The van der Waals surface area contributed by atoms with Gasteiger partial charge in [0, 0.05) is 28.0 Å². The third kappa shape index (κ3) is 3.29. The molecule has 4 aromatic rings. The molecule has 9 heteroatoms. The Labute approximate surface area is 164 Å². The van der Waals surface area contributed by atoms with Crippen molar-refractivity contribution in [3.63, 3.8) is 0 Å². The summed E-state index contributed by atoms with van der Waals surface area (Å²) >= 11 is 0. The molecule has 1 aliphatic heterocycles. The Bertz CT molecular complexity index is 1250. The number of anilines is 4. The van der Waals surface area contributed by atoms with E-state index < -0.39 is 5.82 Å². The molecule has 0 fully saturated rings. The van der Waals surface area contributed by atoms with Gasteiger partial charge in [-0.1, -0.05) is 0 Å². The molecule has 2 aromatic heterocycles. The number of nitrogens with two attached hydrogens (primary N) is 1. The van der Waals surface area contributed by atoms with Gasteiger partial charge in [0.05, 0.1) is 17.9 Å². The number of fused-ring (bicyclic) bond motifs is 2. The van der Waals surface area contributed by atoms with Crippen molar-refractivity contribution in [2.45, 2.75) is 0 Å².